The predicted molar refractivity (Wildman–Crippen MR) is 35.6 cm³/mol. The molecular weight excluding hydrogens is 132 g/mol. The molecular formula is C7H12O3. The second-order valence-electron chi connectivity index (χ2n) is 2.41. The van der Waals surface area contributed by atoms with Gasteiger partial charge in [-0.25, -0.2) is 0 Å². The topological polar surface area (TPSA) is 35.5 Å². The van der Waals surface area contributed by atoms with E-state index in [4.69, 9.17) is 9.47 Å². The summed E-state index contributed by atoms with van der Waals surface area (Å²) in [5.41, 5.74) is 0. The Labute approximate surface area is 60.3 Å². The number of hydrogen-bond donors (Lipinski definition) is 0. The van der Waals surface area contributed by atoms with Gasteiger partial charge in [0.2, 0.25) is 0 Å². The third-order valence-electron chi connectivity index (χ3n) is 1.67. The van der Waals surface area contributed by atoms with Gasteiger partial charge in [0.25, 0.3) is 0 Å². The van der Waals surface area contributed by atoms with Crippen LogP contribution in [0.2, 0.25) is 0 Å². The van der Waals surface area contributed by atoms with Crippen molar-refractivity contribution in [3.05, 3.63) is 0 Å². The molecule has 0 aliphatic carbocycles. The summed E-state index contributed by atoms with van der Waals surface area (Å²) >= 11 is 0. The first-order valence-electron chi connectivity index (χ1n) is 3.50. The van der Waals surface area contributed by atoms with Crippen molar-refractivity contribution in [3.63, 3.8) is 0 Å². The highest BCUT2D eigenvalue weighted by Crippen LogP contribution is 2.17. The SMILES string of the molecule is COC1CCCC(C=O)O1. The van der Waals surface area contributed by atoms with E-state index in [0.29, 0.717) is 0 Å². The first-order valence-corrected chi connectivity index (χ1v) is 3.50. The van der Waals surface area contributed by atoms with Crippen LogP contribution in [0.25, 0.3) is 0 Å². The molecule has 2 unspecified atom stereocenters. The lowest BCUT2D eigenvalue weighted by Gasteiger charge is -2.25. The van der Waals surface area contributed by atoms with Gasteiger partial charge in [-0.2, -0.15) is 0 Å². The number of ether oxygens (including phenoxy) is 2. The van der Waals surface area contributed by atoms with Crippen molar-refractivity contribution >= 4 is 6.29 Å². The molecule has 1 saturated heterocycles. The molecule has 1 rings (SSSR count). The number of rotatable bonds is 2. The van der Waals surface area contributed by atoms with Gasteiger partial charge in [-0.05, 0) is 19.3 Å². The van der Waals surface area contributed by atoms with Crippen LogP contribution in [-0.4, -0.2) is 25.8 Å². The van der Waals surface area contributed by atoms with Crippen LogP contribution in [0.1, 0.15) is 19.3 Å². The van der Waals surface area contributed by atoms with Crippen molar-refractivity contribution in [2.45, 2.75) is 31.7 Å². The van der Waals surface area contributed by atoms with E-state index in [-0.39, 0.29) is 12.4 Å². The fourth-order valence-electron chi connectivity index (χ4n) is 1.09. The minimum atomic E-state index is -0.237. The molecule has 0 bridgehead atoms. The summed E-state index contributed by atoms with van der Waals surface area (Å²) in [5.74, 6) is 0. The maximum absolute atomic E-state index is 10.2. The van der Waals surface area contributed by atoms with Gasteiger partial charge in [-0.15, -0.1) is 0 Å². The quantitative estimate of drug-likeness (QED) is 0.536. The smallest absolute Gasteiger partial charge is 0.158 e. The van der Waals surface area contributed by atoms with E-state index in [1.54, 1.807) is 7.11 Å². The lowest BCUT2D eigenvalue weighted by molar-refractivity contribution is -0.179. The van der Waals surface area contributed by atoms with Crippen LogP contribution in [0.3, 0.4) is 0 Å². The van der Waals surface area contributed by atoms with Crippen LogP contribution in [0.5, 0.6) is 0 Å². The number of carbonyl (C=O) groups excluding carboxylic acids is 1. The molecule has 0 radical (unpaired) electrons. The van der Waals surface area contributed by atoms with Crippen molar-refractivity contribution in [2.75, 3.05) is 7.11 Å². The van der Waals surface area contributed by atoms with Crippen LogP contribution in [0.15, 0.2) is 0 Å². The molecule has 2 atom stereocenters. The molecule has 3 nitrogen and oxygen atoms in total. The van der Waals surface area contributed by atoms with Crippen LogP contribution in [0.4, 0.5) is 0 Å². The van der Waals surface area contributed by atoms with E-state index >= 15 is 0 Å². The number of carbonyl (C=O) groups is 1. The Morgan fingerprint density at radius 1 is 1.60 bits per heavy atom. The summed E-state index contributed by atoms with van der Waals surface area (Å²) in [7, 11) is 1.60. The maximum Gasteiger partial charge on any atom is 0.158 e. The molecule has 1 aliphatic heterocycles. The third-order valence-corrected chi connectivity index (χ3v) is 1.67. The van der Waals surface area contributed by atoms with E-state index in [0.717, 1.165) is 25.5 Å². The Bertz CT molecular complexity index is 113. The summed E-state index contributed by atoms with van der Waals surface area (Å²) in [6.45, 7) is 0. The predicted octanol–water partition coefficient (Wildman–Crippen LogP) is 0.727. The first-order chi connectivity index (χ1) is 4.86. The molecule has 0 aromatic rings. The van der Waals surface area contributed by atoms with Crippen molar-refractivity contribution in [2.24, 2.45) is 0 Å². The number of methoxy groups -OCH3 is 1. The van der Waals surface area contributed by atoms with Gasteiger partial charge < -0.3 is 14.3 Å². The number of aldehydes is 1. The molecule has 1 fully saturated rings. The molecule has 1 heterocycles. The summed E-state index contributed by atoms with van der Waals surface area (Å²) in [4.78, 5) is 10.2. The van der Waals surface area contributed by atoms with E-state index in [9.17, 15) is 4.79 Å². The highest BCUT2D eigenvalue weighted by Gasteiger charge is 2.20. The average Bonchev–Trinajstić information content (AvgIpc) is 2.05. The third kappa shape index (κ3) is 1.78. The van der Waals surface area contributed by atoms with Gasteiger partial charge >= 0.3 is 0 Å². The minimum Gasteiger partial charge on any atom is -0.356 e. The zero-order valence-corrected chi connectivity index (χ0v) is 6.08. The molecule has 0 aromatic carbocycles. The lowest BCUT2D eigenvalue weighted by Crippen LogP contribution is -2.29. The normalized spacial score (nSPS) is 33.7. The van der Waals surface area contributed by atoms with Crippen molar-refractivity contribution < 1.29 is 14.3 Å². The highest BCUT2D eigenvalue weighted by atomic mass is 16.7. The first kappa shape index (κ1) is 7.69. The van der Waals surface area contributed by atoms with Gasteiger partial charge in [0.05, 0.1) is 0 Å². The van der Waals surface area contributed by atoms with Gasteiger partial charge in [-0.3, -0.25) is 0 Å². The fourth-order valence-corrected chi connectivity index (χ4v) is 1.09. The van der Waals surface area contributed by atoms with E-state index in [1.165, 1.54) is 0 Å². The average molecular weight is 144 g/mol. The van der Waals surface area contributed by atoms with Crippen LogP contribution < -0.4 is 0 Å². The summed E-state index contributed by atoms with van der Waals surface area (Å²) in [6, 6.07) is 0. The second-order valence-corrected chi connectivity index (χ2v) is 2.41. The summed E-state index contributed by atoms with van der Waals surface area (Å²) in [6.07, 6.45) is 3.19. The lowest BCUT2D eigenvalue weighted by atomic mass is 10.1. The summed E-state index contributed by atoms with van der Waals surface area (Å²) < 4.78 is 10.1. The Balaban J connectivity index is 2.31. The van der Waals surface area contributed by atoms with E-state index in [2.05, 4.69) is 0 Å². The Morgan fingerprint density at radius 3 is 3.00 bits per heavy atom. The van der Waals surface area contributed by atoms with Crippen LogP contribution in [0, 0.1) is 0 Å². The molecule has 0 aromatic heterocycles. The zero-order chi connectivity index (χ0) is 7.40. The Kier molecular flexibility index (Phi) is 2.83. The molecule has 1 aliphatic rings. The summed E-state index contributed by atoms with van der Waals surface area (Å²) in [5, 5.41) is 0. The standard InChI is InChI=1S/C7H12O3/c1-9-7-4-2-3-6(5-8)10-7/h5-7H,2-4H2,1H3. The number of hydrogen-bond acceptors (Lipinski definition) is 3. The molecule has 3 heteroatoms. The molecule has 0 saturated carbocycles. The van der Waals surface area contributed by atoms with Gasteiger partial charge in [0.15, 0.2) is 6.29 Å². The monoisotopic (exact) mass is 144 g/mol. The van der Waals surface area contributed by atoms with Gasteiger partial charge in [-0.1, -0.05) is 0 Å². The molecule has 0 N–H and O–H groups in total. The zero-order valence-electron chi connectivity index (χ0n) is 6.08. The van der Waals surface area contributed by atoms with Crippen LogP contribution >= 0.6 is 0 Å². The van der Waals surface area contributed by atoms with Crippen LogP contribution in [-0.2, 0) is 14.3 Å². The molecule has 10 heavy (non-hydrogen) atoms. The molecule has 0 amide bonds. The Hall–Kier alpha value is -0.410. The highest BCUT2D eigenvalue weighted by molar-refractivity contribution is 5.55. The van der Waals surface area contributed by atoms with Gasteiger partial charge in [0.1, 0.15) is 12.4 Å². The van der Waals surface area contributed by atoms with Gasteiger partial charge in [0, 0.05) is 7.11 Å². The molecule has 58 valence electrons. The van der Waals surface area contributed by atoms with Crippen molar-refractivity contribution in [1.82, 2.24) is 0 Å². The van der Waals surface area contributed by atoms with E-state index in [1.807, 2.05) is 0 Å². The molecule has 0 spiro atoms. The largest absolute Gasteiger partial charge is 0.356 e. The van der Waals surface area contributed by atoms with E-state index < -0.39 is 0 Å². The maximum atomic E-state index is 10.2. The Morgan fingerprint density at radius 2 is 2.40 bits per heavy atom. The minimum absolute atomic E-state index is 0.163. The fraction of sp³-hybridized carbons (Fsp3) is 0.857. The second kappa shape index (κ2) is 3.68. The van der Waals surface area contributed by atoms with Crippen molar-refractivity contribution in [3.8, 4) is 0 Å². The van der Waals surface area contributed by atoms with Crippen molar-refractivity contribution in [1.29, 1.82) is 0 Å².